The minimum Gasteiger partial charge on any atom is -0.193 e. The van der Waals surface area contributed by atoms with Crippen molar-refractivity contribution in [1.82, 2.24) is 0 Å². The minimum absolute atomic E-state index is 1.02. The third-order valence-corrected chi connectivity index (χ3v) is 0.955. The second-order valence-electron chi connectivity index (χ2n) is 2.91. The van der Waals surface area contributed by atoms with Crippen molar-refractivity contribution in [3.05, 3.63) is 87.6 Å². The lowest BCUT2D eigenvalue weighted by Gasteiger charge is -1.71. The average molecular weight is 243 g/mol. The Morgan fingerprint density at radius 1 is 0.833 bits per heavy atom. The van der Waals surface area contributed by atoms with E-state index in [-0.39, 0.29) is 0 Å². The van der Waals surface area contributed by atoms with Crippen LogP contribution >= 0.6 is 0 Å². The predicted molar refractivity (Wildman–Crippen MR) is 86.2 cm³/mol. The minimum atomic E-state index is 1.02. The summed E-state index contributed by atoms with van der Waals surface area (Å²) in [4.78, 5) is 0. The number of nitriles is 1. The van der Waals surface area contributed by atoms with E-state index in [9.17, 15) is 0 Å². The molecule has 0 N–H and O–H groups in total. The number of hydrogen-bond acceptors (Lipinski definition) is 1. The lowest BCUT2D eigenvalue weighted by molar-refractivity contribution is 1.54. The summed E-state index contributed by atoms with van der Waals surface area (Å²) in [5.74, 6) is 0. The number of nitrogens with zero attached hydrogens (tertiary/aromatic N) is 1. The highest BCUT2D eigenvalue weighted by atomic mass is 14.2. The Hall–Kier alpha value is -2.33. The summed E-state index contributed by atoms with van der Waals surface area (Å²) in [6.07, 6.45) is 7.90. The number of hydrogen-bond donors (Lipinski definition) is 0. The van der Waals surface area contributed by atoms with Gasteiger partial charge in [0.1, 0.15) is 0 Å². The van der Waals surface area contributed by atoms with E-state index in [0.717, 1.165) is 11.1 Å². The van der Waals surface area contributed by atoms with E-state index in [2.05, 4.69) is 46.1 Å². The van der Waals surface area contributed by atoms with Crippen molar-refractivity contribution in [3.63, 3.8) is 0 Å². The summed E-state index contributed by atoms with van der Waals surface area (Å²) in [5.41, 5.74) is 2.04. The zero-order valence-electron chi connectivity index (χ0n) is 11.8. The van der Waals surface area contributed by atoms with E-state index in [1.807, 2.05) is 13.8 Å². The van der Waals surface area contributed by atoms with Crippen LogP contribution in [0.25, 0.3) is 0 Å². The zero-order valence-corrected chi connectivity index (χ0v) is 11.8. The molecule has 0 aromatic heterocycles. The SMILES string of the molecule is C=CC#N.C=CC(=C)C.C=CC(=C)C.C=CC=C. The molecule has 0 aliphatic rings. The highest BCUT2D eigenvalue weighted by Crippen LogP contribution is 1.81. The molecule has 0 aliphatic heterocycles. The van der Waals surface area contributed by atoms with Gasteiger partial charge in [-0.1, -0.05) is 81.5 Å². The van der Waals surface area contributed by atoms with Crippen molar-refractivity contribution in [2.24, 2.45) is 0 Å². The molecule has 0 fully saturated rings. The van der Waals surface area contributed by atoms with Gasteiger partial charge in [-0.2, -0.15) is 5.26 Å². The topological polar surface area (TPSA) is 23.8 Å². The highest BCUT2D eigenvalue weighted by molar-refractivity contribution is 5.06. The maximum Gasteiger partial charge on any atom is 0.0905 e. The molecule has 0 aromatic rings. The zero-order chi connectivity index (χ0) is 15.4. The van der Waals surface area contributed by atoms with Crippen LogP contribution in [0, 0.1) is 11.3 Å². The van der Waals surface area contributed by atoms with Crippen molar-refractivity contribution in [2.45, 2.75) is 13.8 Å². The van der Waals surface area contributed by atoms with Gasteiger partial charge in [0.2, 0.25) is 0 Å². The lowest BCUT2D eigenvalue weighted by atomic mass is 10.4. The molecule has 0 aliphatic carbocycles. The molecule has 1 nitrogen and oxygen atoms in total. The van der Waals surface area contributed by atoms with Crippen LogP contribution < -0.4 is 0 Å². The van der Waals surface area contributed by atoms with E-state index in [4.69, 9.17) is 5.26 Å². The van der Waals surface area contributed by atoms with Crippen molar-refractivity contribution >= 4 is 0 Å². The van der Waals surface area contributed by atoms with Crippen LogP contribution in [0.4, 0.5) is 0 Å². The van der Waals surface area contributed by atoms with Crippen LogP contribution in [0.15, 0.2) is 87.6 Å². The summed E-state index contributed by atoms with van der Waals surface area (Å²) < 4.78 is 0. The standard InChI is InChI=1S/2C5H8.C4H6.C3H3N/c2*1-4-5(2)3;1-3-4-2;1-2-3-4/h2*4H,1-2H2,3H3;3-4H,1-2H2;2H,1H2. The summed E-state index contributed by atoms with van der Waals surface area (Å²) in [6.45, 7) is 27.7. The Balaban J connectivity index is -0.0000000731. The van der Waals surface area contributed by atoms with Crippen molar-refractivity contribution < 1.29 is 0 Å². The van der Waals surface area contributed by atoms with E-state index in [0.29, 0.717) is 0 Å². The third kappa shape index (κ3) is 163. The van der Waals surface area contributed by atoms with Crippen LogP contribution in [-0.4, -0.2) is 0 Å². The molecule has 0 spiro atoms. The molecule has 0 radical (unpaired) electrons. The molecule has 0 amide bonds. The molecule has 0 bridgehead atoms. The van der Waals surface area contributed by atoms with Gasteiger partial charge in [-0.05, 0) is 13.8 Å². The molecule has 0 saturated heterocycles. The van der Waals surface area contributed by atoms with Gasteiger partial charge in [-0.25, -0.2) is 0 Å². The van der Waals surface area contributed by atoms with Gasteiger partial charge >= 0.3 is 0 Å². The first kappa shape index (κ1) is 24.8. The fourth-order valence-electron chi connectivity index (χ4n) is 0. The summed E-state index contributed by atoms with van der Waals surface area (Å²) in [5, 5.41) is 7.51. The molecule has 98 valence electrons. The first-order valence-electron chi connectivity index (χ1n) is 5.17. The van der Waals surface area contributed by atoms with Crippen LogP contribution in [0.1, 0.15) is 13.8 Å². The van der Waals surface area contributed by atoms with Crippen LogP contribution in [0.3, 0.4) is 0 Å². The largest absolute Gasteiger partial charge is 0.193 e. The number of allylic oxidation sites excluding steroid dienone is 7. The quantitative estimate of drug-likeness (QED) is 0.471. The summed E-state index contributed by atoms with van der Waals surface area (Å²) in [6, 6.07) is 1.69. The van der Waals surface area contributed by atoms with E-state index < -0.39 is 0 Å². The maximum absolute atomic E-state index is 7.51. The Morgan fingerprint density at radius 3 is 1.00 bits per heavy atom. The normalized spacial score (nSPS) is 5.61. The molecular weight excluding hydrogens is 218 g/mol. The molecule has 0 atom stereocenters. The van der Waals surface area contributed by atoms with Gasteiger partial charge in [0.05, 0.1) is 6.07 Å². The van der Waals surface area contributed by atoms with Crippen molar-refractivity contribution in [3.8, 4) is 6.07 Å². The molecule has 0 rings (SSSR count). The van der Waals surface area contributed by atoms with Gasteiger partial charge in [0.15, 0.2) is 0 Å². The van der Waals surface area contributed by atoms with Gasteiger partial charge in [-0.3, -0.25) is 0 Å². The maximum atomic E-state index is 7.51. The Morgan fingerprint density at radius 2 is 1.00 bits per heavy atom. The molecular formula is C17H25N. The van der Waals surface area contributed by atoms with Gasteiger partial charge in [0.25, 0.3) is 0 Å². The molecule has 1 heteroatoms. The molecule has 0 aromatic carbocycles. The average Bonchev–Trinajstić information content (AvgIpc) is 2.39. The summed E-state index contributed by atoms with van der Waals surface area (Å²) in [7, 11) is 0. The third-order valence-electron chi connectivity index (χ3n) is 0.955. The Bertz CT molecular complexity index is 287. The Labute approximate surface area is 113 Å². The Kier molecular flexibility index (Phi) is 40.3. The molecule has 0 heterocycles. The predicted octanol–water partition coefficient (Wildman–Crippen LogP) is 5.55. The van der Waals surface area contributed by atoms with Gasteiger partial charge < -0.3 is 0 Å². The fourth-order valence-corrected chi connectivity index (χ4v) is 0. The van der Waals surface area contributed by atoms with E-state index in [1.165, 1.54) is 6.08 Å². The fraction of sp³-hybridized carbons (Fsp3) is 0.118. The highest BCUT2D eigenvalue weighted by Gasteiger charge is 1.59. The van der Waals surface area contributed by atoms with Gasteiger partial charge in [0, 0.05) is 6.08 Å². The van der Waals surface area contributed by atoms with Crippen LogP contribution in [0.2, 0.25) is 0 Å². The van der Waals surface area contributed by atoms with Crippen molar-refractivity contribution in [1.29, 1.82) is 5.26 Å². The van der Waals surface area contributed by atoms with Gasteiger partial charge in [-0.15, -0.1) is 0 Å². The second-order valence-corrected chi connectivity index (χ2v) is 2.91. The van der Waals surface area contributed by atoms with Crippen LogP contribution in [0.5, 0.6) is 0 Å². The smallest absolute Gasteiger partial charge is 0.0905 e. The summed E-state index contributed by atoms with van der Waals surface area (Å²) >= 11 is 0. The van der Waals surface area contributed by atoms with E-state index >= 15 is 0 Å². The van der Waals surface area contributed by atoms with Crippen molar-refractivity contribution in [2.75, 3.05) is 0 Å². The molecule has 0 unspecified atom stereocenters. The monoisotopic (exact) mass is 243 g/mol. The van der Waals surface area contributed by atoms with E-state index in [1.54, 1.807) is 30.4 Å². The molecule has 0 saturated carbocycles. The number of rotatable bonds is 3. The van der Waals surface area contributed by atoms with Crippen LogP contribution in [-0.2, 0) is 0 Å². The second kappa shape index (κ2) is 29.3. The first-order valence-corrected chi connectivity index (χ1v) is 5.17. The first-order chi connectivity index (χ1) is 8.37. The molecule has 18 heavy (non-hydrogen) atoms. The lowest BCUT2D eigenvalue weighted by Crippen LogP contribution is -1.50.